The van der Waals surface area contributed by atoms with Crippen LogP contribution < -0.4 is 38.1 Å². The Kier molecular flexibility index (Phi) is 21.8. The number of benzene rings is 1. The summed E-state index contributed by atoms with van der Waals surface area (Å²) < 4.78 is 0. The number of aliphatic carboxylic acids is 1. The standard InChI is InChI=1S/C41H67N7O8/c1-4-6-11-23-41(3,48-38(53)32(18-10-13-25-43)45-36(51)31(17-9-12-24-42)44-35(50)14-5-2)40(56)47-33(26-29-19-21-30(49)22-20-29)37(52)46-34(39(54)55)27-28-15-7-8-16-28/h4,19-22,28,31-34,49H,1,5-18,23-27,42-43H2,2-3H3,(H,44,50)(H,45,51)(H,46,52)(H,47,56)(H,48,53)(H,54,55)/t31-,32-,33-,34-,41?/m0/s1. The summed E-state index contributed by atoms with van der Waals surface area (Å²) in [4.78, 5) is 80.8. The van der Waals surface area contributed by atoms with Crippen LogP contribution in [0.3, 0.4) is 0 Å². The number of carbonyl (C=O) groups excluding carboxylic acids is 5. The van der Waals surface area contributed by atoms with Crippen molar-refractivity contribution in [3.63, 3.8) is 0 Å². The first-order valence-corrected chi connectivity index (χ1v) is 20.3. The third-order valence-electron chi connectivity index (χ3n) is 10.3. The van der Waals surface area contributed by atoms with Crippen LogP contribution in [0, 0.1) is 5.92 Å². The van der Waals surface area contributed by atoms with Gasteiger partial charge in [-0.15, -0.1) is 6.58 Å². The number of phenolic OH excluding ortho intramolecular Hbond substituents is 1. The Morgan fingerprint density at radius 1 is 0.821 bits per heavy atom. The number of aromatic hydroxyl groups is 1. The molecule has 314 valence electrons. The van der Waals surface area contributed by atoms with E-state index in [1.807, 2.05) is 6.92 Å². The molecule has 15 nitrogen and oxygen atoms in total. The summed E-state index contributed by atoms with van der Waals surface area (Å²) >= 11 is 0. The Morgan fingerprint density at radius 3 is 1.95 bits per heavy atom. The van der Waals surface area contributed by atoms with Crippen molar-refractivity contribution in [3.05, 3.63) is 42.5 Å². The van der Waals surface area contributed by atoms with Gasteiger partial charge in [0.15, 0.2) is 0 Å². The number of carboxylic acid groups (broad SMARTS) is 1. The Hall–Kier alpha value is -4.50. The average molecular weight is 786 g/mol. The van der Waals surface area contributed by atoms with Gasteiger partial charge < -0.3 is 48.3 Å². The molecule has 1 aliphatic rings. The van der Waals surface area contributed by atoms with Crippen molar-refractivity contribution in [1.29, 1.82) is 0 Å². The number of unbranched alkanes of at least 4 members (excludes halogenated alkanes) is 3. The van der Waals surface area contributed by atoms with Gasteiger partial charge in [-0.3, -0.25) is 24.0 Å². The molecule has 0 aromatic heterocycles. The minimum absolute atomic E-state index is 0.0112. The van der Waals surface area contributed by atoms with Crippen LogP contribution in [-0.2, 0) is 35.2 Å². The third-order valence-corrected chi connectivity index (χ3v) is 10.3. The van der Waals surface area contributed by atoms with Crippen molar-refractivity contribution < 1.29 is 39.0 Å². The van der Waals surface area contributed by atoms with E-state index >= 15 is 0 Å². The maximum Gasteiger partial charge on any atom is 0.326 e. The number of rotatable bonds is 28. The van der Waals surface area contributed by atoms with Crippen LogP contribution in [0.25, 0.3) is 0 Å². The smallest absolute Gasteiger partial charge is 0.326 e. The van der Waals surface area contributed by atoms with Crippen LogP contribution in [0.5, 0.6) is 5.75 Å². The molecule has 0 spiro atoms. The molecule has 15 heteroatoms. The highest BCUT2D eigenvalue weighted by Gasteiger charge is 2.39. The lowest BCUT2D eigenvalue weighted by molar-refractivity contribution is -0.143. The minimum atomic E-state index is -1.59. The van der Waals surface area contributed by atoms with E-state index in [1.165, 1.54) is 12.1 Å². The molecule has 56 heavy (non-hydrogen) atoms. The number of hydrogen-bond acceptors (Lipinski definition) is 9. The molecule has 0 saturated heterocycles. The molecular formula is C41H67N7O8. The molecule has 1 aromatic rings. The van der Waals surface area contributed by atoms with Crippen molar-refractivity contribution in [1.82, 2.24) is 26.6 Å². The van der Waals surface area contributed by atoms with E-state index in [1.54, 1.807) is 25.1 Å². The van der Waals surface area contributed by atoms with Gasteiger partial charge in [0, 0.05) is 12.8 Å². The number of nitrogens with two attached hydrogens (primary N) is 2. The summed E-state index contributed by atoms with van der Waals surface area (Å²) in [5.41, 5.74) is 10.4. The zero-order valence-electron chi connectivity index (χ0n) is 33.4. The number of carbonyl (C=O) groups is 6. The monoisotopic (exact) mass is 786 g/mol. The summed E-state index contributed by atoms with van der Waals surface area (Å²) in [5, 5.41) is 33.8. The van der Waals surface area contributed by atoms with Crippen molar-refractivity contribution in [3.8, 4) is 5.75 Å². The van der Waals surface area contributed by atoms with Gasteiger partial charge in [0.2, 0.25) is 29.5 Å². The minimum Gasteiger partial charge on any atom is -0.508 e. The number of hydrogen-bond donors (Lipinski definition) is 9. The van der Waals surface area contributed by atoms with Gasteiger partial charge in [0.05, 0.1) is 0 Å². The Balaban J connectivity index is 2.40. The summed E-state index contributed by atoms with van der Waals surface area (Å²) in [6.45, 7) is 7.95. The quantitative estimate of drug-likeness (QED) is 0.0444. The third kappa shape index (κ3) is 17.1. The van der Waals surface area contributed by atoms with E-state index in [9.17, 15) is 39.0 Å². The molecule has 1 saturated carbocycles. The summed E-state index contributed by atoms with van der Waals surface area (Å²) in [6, 6.07) is 1.72. The van der Waals surface area contributed by atoms with Gasteiger partial charge in [-0.05, 0) is 114 Å². The van der Waals surface area contributed by atoms with E-state index in [4.69, 9.17) is 11.5 Å². The second kappa shape index (κ2) is 25.6. The Bertz CT molecular complexity index is 1420. The second-order valence-corrected chi connectivity index (χ2v) is 15.2. The van der Waals surface area contributed by atoms with E-state index in [0.29, 0.717) is 70.0 Å². The van der Waals surface area contributed by atoms with E-state index in [2.05, 4.69) is 33.2 Å². The van der Waals surface area contributed by atoms with Crippen LogP contribution in [0.1, 0.15) is 122 Å². The first-order valence-electron chi connectivity index (χ1n) is 20.3. The fourth-order valence-corrected chi connectivity index (χ4v) is 6.95. The zero-order valence-corrected chi connectivity index (χ0v) is 33.4. The predicted molar refractivity (Wildman–Crippen MR) is 215 cm³/mol. The number of amides is 5. The molecular weight excluding hydrogens is 718 g/mol. The van der Waals surface area contributed by atoms with Gasteiger partial charge in [0.1, 0.15) is 35.5 Å². The Labute approximate surface area is 331 Å². The normalized spacial score (nSPS) is 16.0. The number of nitrogens with one attached hydrogen (secondary N) is 5. The van der Waals surface area contributed by atoms with Gasteiger partial charge in [0.25, 0.3) is 0 Å². The van der Waals surface area contributed by atoms with E-state index in [-0.39, 0.29) is 49.7 Å². The van der Waals surface area contributed by atoms with Gasteiger partial charge in [-0.1, -0.05) is 50.8 Å². The van der Waals surface area contributed by atoms with Crippen molar-refractivity contribution in [2.45, 2.75) is 153 Å². The molecule has 0 aliphatic heterocycles. The molecule has 2 rings (SSSR count). The van der Waals surface area contributed by atoms with Gasteiger partial charge >= 0.3 is 5.97 Å². The topological polar surface area (TPSA) is 255 Å². The van der Waals surface area contributed by atoms with Crippen LogP contribution in [0.2, 0.25) is 0 Å². The van der Waals surface area contributed by atoms with E-state index < -0.39 is 59.3 Å². The molecule has 5 amide bonds. The van der Waals surface area contributed by atoms with Gasteiger partial charge in [-0.2, -0.15) is 0 Å². The van der Waals surface area contributed by atoms with Gasteiger partial charge in [-0.25, -0.2) is 4.79 Å². The summed E-state index contributed by atoms with van der Waals surface area (Å²) in [6.07, 6.45) is 10.5. The molecule has 0 bridgehead atoms. The summed E-state index contributed by atoms with van der Waals surface area (Å²) in [5.74, 6) is -3.83. The van der Waals surface area contributed by atoms with Crippen molar-refractivity contribution in [2.75, 3.05) is 13.1 Å². The largest absolute Gasteiger partial charge is 0.508 e. The number of phenols is 1. The second-order valence-electron chi connectivity index (χ2n) is 15.2. The SMILES string of the molecule is C=CCCCC(C)(NC(=O)[C@H](CCCCN)NC(=O)[C@H](CCCCN)NC(=O)CCC)C(=O)N[C@@H](Cc1ccc(O)cc1)C(=O)N[C@@H](CC1CCCC1)C(=O)O. The van der Waals surface area contributed by atoms with Crippen LogP contribution >= 0.6 is 0 Å². The first-order chi connectivity index (χ1) is 26.8. The maximum atomic E-state index is 14.3. The molecule has 5 atom stereocenters. The average Bonchev–Trinajstić information content (AvgIpc) is 3.67. The first kappa shape index (κ1) is 47.7. The molecule has 1 aliphatic carbocycles. The maximum absolute atomic E-state index is 14.3. The van der Waals surface area contributed by atoms with Crippen LogP contribution in [-0.4, -0.2) is 88.5 Å². The highest BCUT2D eigenvalue weighted by atomic mass is 16.4. The fourth-order valence-electron chi connectivity index (χ4n) is 6.95. The highest BCUT2D eigenvalue weighted by molar-refractivity contribution is 5.97. The molecule has 1 fully saturated rings. The lowest BCUT2D eigenvalue weighted by atomic mass is 9.91. The molecule has 1 unspecified atom stereocenters. The fraction of sp³-hybridized carbons (Fsp3) is 0.659. The van der Waals surface area contributed by atoms with Crippen molar-refractivity contribution >= 4 is 35.5 Å². The molecule has 0 heterocycles. The Morgan fingerprint density at radius 2 is 1.39 bits per heavy atom. The number of carboxylic acids is 1. The highest BCUT2D eigenvalue weighted by Crippen LogP contribution is 2.29. The predicted octanol–water partition coefficient (Wildman–Crippen LogP) is 2.83. The lowest BCUT2D eigenvalue weighted by Gasteiger charge is -2.34. The van der Waals surface area contributed by atoms with Crippen LogP contribution in [0.4, 0.5) is 0 Å². The number of allylic oxidation sites excluding steroid dienone is 1. The van der Waals surface area contributed by atoms with Crippen molar-refractivity contribution in [2.24, 2.45) is 17.4 Å². The molecule has 1 aromatic carbocycles. The van der Waals surface area contributed by atoms with E-state index in [0.717, 1.165) is 25.7 Å². The zero-order chi connectivity index (χ0) is 41.5. The molecule has 11 N–H and O–H groups in total. The lowest BCUT2D eigenvalue weighted by Crippen LogP contribution is -2.64. The van der Waals surface area contributed by atoms with Crippen LogP contribution in [0.15, 0.2) is 36.9 Å². The molecule has 0 radical (unpaired) electrons. The summed E-state index contributed by atoms with van der Waals surface area (Å²) in [7, 11) is 0.